The van der Waals surface area contributed by atoms with Crippen LogP contribution in [0.25, 0.3) is 0 Å². The molecule has 0 spiro atoms. The Balaban J connectivity index is 2.53. The number of ether oxygens (including phenoxy) is 2. The lowest BCUT2D eigenvalue weighted by atomic mass is 9.85. The highest BCUT2D eigenvalue weighted by Crippen LogP contribution is 2.47. The van der Waals surface area contributed by atoms with E-state index in [1.807, 2.05) is 12.2 Å². The number of aliphatic hydroxyl groups excluding tert-OH is 6. The van der Waals surface area contributed by atoms with Gasteiger partial charge in [0.2, 0.25) is 0 Å². The summed E-state index contributed by atoms with van der Waals surface area (Å²) < 4.78 is 33.4. The van der Waals surface area contributed by atoms with Crippen molar-refractivity contribution in [1.82, 2.24) is 0 Å². The zero-order valence-corrected chi connectivity index (χ0v) is 41.9. The number of hydrogen-bond acceptors (Lipinski definition) is 13. The standard InChI is InChI=1S/C53H87O14P/c1-3-5-7-9-11-13-15-17-19-21-22-23-25-27-29-31-33-35-37-39-46(55)64-42-45(43-65-68(62,63)67-53-51(60)49(58)48(57)50(59)52(53)61)66-47(56)41-40-44(54)38-36-34-32-30-28-26-24-20-18-16-14-12-10-8-6-4-2/h6,8,11-14,17-20,26,28,32,34,36,38,44-45,48-54,57-61H,3-5,7,9-10,15-16,21-25,27,29-31,33,35,37,39-43H2,1-2H3,(H,62,63)/b8-6-,13-11-,14-12-,19-17-,20-18-,28-26-,34-32-,38-36-/t44?,45-,48?,49-,50+,51-,52-,53?/m1/s1. The maximum Gasteiger partial charge on any atom is 0.472 e. The zero-order valence-electron chi connectivity index (χ0n) is 41.0. The Bertz CT molecular complexity index is 1570. The van der Waals surface area contributed by atoms with Crippen molar-refractivity contribution in [2.75, 3.05) is 13.2 Å². The highest BCUT2D eigenvalue weighted by molar-refractivity contribution is 7.47. The second kappa shape index (κ2) is 41.5. The average Bonchev–Trinajstić information content (AvgIpc) is 3.32. The lowest BCUT2D eigenvalue weighted by molar-refractivity contribution is -0.220. The topological polar surface area (TPSA) is 230 Å². The molecule has 4 unspecified atom stereocenters. The third-order valence-corrected chi connectivity index (χ3v) is 12.0. The van der Waals surface area contributed by atoms with Crippen LogP contribution in [0.3, 0.4) is 0 Å². The maximum atomic E-state index is 12.9. The summed E-state index contributed by atoms with van der Waals surface area (Å²) in [6.45, 7) is 2.96. The van der Waals surface area contributed by atoms with E-state index in [4.69, 9.17) is 18.5 Å². The van der Waals surface area contributed by atoms with Crippen LogP contribution in [0.1, 0.15) is 162 Å². The van der Waals surface area contributed by atoms with Crippen LogP contribution in [0.5, 0.6) is 0 Å². The molecule has 0 amide bonds. The van der Waals surface area contributed by atoms with Gasteiger partial charge in [0.25, 0.3) is 0 Å². The molecule has 0 aromatic rings. The van der Waals surface area contributed by atoms with Gasteiger partial charge in [0.05, 0.1) is 12.7 Å². The van der Waals surface area contributed by atoms with E-state index in [0.717, 1.165) is 64.2 Å². The Morgan fingerprint density at radius 2 is 1.01 bits per heavy atom. The summed E-state index contributed by atoms with van der Waals surface area (Å²) in [5, 5.41) is 60.6. The third kappa shape index (κ3) is 33.3. The Hall–Kier alpha value is -3.27. The van der Waals surface area contributed by atoms with Crippen LogP contribution in [-0.4, -0.2) is 110 Å². The summed E-state index contributed by atoms with van der Waals surface area (Å²) >= 11 is 0. The Morgan fingerprint density at radius 1 is 0.544 bits per heavy atom. The minimum absolute atomic E-state index is 0.0157. The number of aliphatic hydroxyl groups is 6. The van der Waals surface area contributed by atoms with Crippen LogP contribution in [0.2, 0.25) is 0 Å². The van der Waals surface area contributed by atoms with Crippen molar-refractivity contribution in [2.45, 2.75) is 210 Å². The van der Waals surface area contributed by atoms with Crippen LogP contribution in [-0.2, 0) is 32.7 Å². The summed E-state index contributed by atoms with van der Waals surface area (Å²) in [6.07, 6.45) is 39.0. The first-order valence-electron chi connectivity index (χ1n) is 25.1. The van der Waals surface area contributed by atoms with Crippen molar-refractivity contribution in [3.63, 3.8) is 0 Å². The van der Waals surface area contributed by atoms with Crippen LogP contribution in [0.4, 0.5) is 0 Å². The molecule has 15 heteroatoms. The predicted octanol–water partition coefficient (Wildman–Crippen LogP) is 9.58. The van der Waals surface area contributed by atoms with E-state index in [0.29, 0.717) is 12.8 Å². The SMILES string of the molecule is CC/C=C\C/C=C\C/C=C\C/C=C\C/C=C\C=C/C(O)CCC(=O)O[C@H](COC(=O)CCCCCCCCCCC/C=C\C/C=C\CCCCC)COP(=O)(O)OC1[C@H](O)[C@H](O)C(O)[C@H](O)[C@H]1O. The van der Waals surface area contributed by atoms with E-state index in [2.05, 4.69) is 80.7 Å². The second-order valence-electron chi connectivity index (χ2n) is 17.1. The number of carbonyl (C=O) groups excluding carboxylic acids is 2. The summed E-state index contributed by atoms with van der Waals surface area (Å²) in [4.78, 5) is 35.8. The molecule has 0 aliphatic heterocycles. The number of rotatable bonds is 40. The minimum atomic E-state index is -5.20. The fraction of sp³-hybridized carbons (Fsp3) is 0.660. The molecule has 1 aliphatic carbocycles. The van der Waals surface area contributed by atoms with Gasteiger partial charge in [-0.2, -0.15) is 0 Å². The van der Waals surface area contributed by atoms with Crippen molar-refractivity contribution < 1.29 is 68.2 Å². The molecule has 0 bridgehead atoms. The van der Waals surface area contributed by atoms with Gasteiger partial charge < -0.3 is 45.0 Å². The van der Waals surface area contributed by atoms with Crippen molar-refractivity contribution >= 4 is 19.8 Å². The Labute approximate surface area is 407 Å². The van der Waals surface area contributed by atoms with E-state index in [-0.39, 0.29) is 19.3 Å². The molecule has 14 nitrogen and oxygen atoms in total. The fourth-order valence-electron chi connectivity index (χ4n) is 6.96. The van der Waals surface area contributed by atoms with Gasteiger partial charge in [0.15, 0.2) is 6.10 Å². The van der Waals surface area contributed by atoms with Gasteiger partial charge in [-0.3, -0.25) is 18.6 Å². The number of phosphoric acid groups is 1. The largest absolute Gasteiger partial charge is 0.472 e. The molecular weight excluding hydrogens is 892 g/mol. The number of phosphoric ester groups is 1. The van der Waals surface area contributed by atoms with E-state index in [9.17, 15) is 49.7 Å². The lowest BCUT2D eigenvalue weighted by Gasteiger charge is -2.41. The molecule has 1 rings (SSSR count). The second-order valence-corrected chi connectivity index (χ2v) is 18.5. The summed E-state index contributed by atoms with van der Waals surface area (Å²) in [5.74, 6) is -1.39. The highest BCUT2D eigenvalue weighted by atomic mass is 31.2. The molecule has 0 saturated heterocycles. The van der Waals surface area contributed by atoms with Gasteiger partial charge in [0.1, 0.15) is 43.2 Å². The highest BCUT2D eigenvalue weighted by Gasteiger charge is 2.51. The van der Waals surface area contributed by atoms with E-state index >= 15 is 0 Å². The van der Waals surface area contributed by atoms with Crippen LogP contribution in [0, 0.1) is 0 Å². The van der Waals surface area contributed by atoms with Crippen LogP contribution in [0.15, 0.2) is 97.2 Å². The summed E-state index contributed by atoms with van der Waals surface area (Å²) in [7, 11) is -5.20. The molecule has 0 aromatic heterocycles. The van der Waals surface area contributed by atoms with Crippen LogP contribution >= 0.6 is 7.82 Å². The summed E-state index contributed by atoms with van der Waals surface area (Å²) in [5.41, 5.74) is 0. The number of esters is 2. The molecule has 68 heavy (non-hydrogen) atoms. The average molecular weight is 979 g/mol. The van der Waals surface area contributed by atoms with Crippen molar-refractivity contribution in [3.8, 4) is 0 Å². The lowest BCUT2D eigenvalue weighted by Crippen LogP contribution is -2.64. The van der Waals surface area contributed by atoms with Crippen molar-refractivity contribution in [3.05, 3.63) is 97.2 Å². The molecule has 1 saturated carbocycles. The normalized spacial score (nSPS) is 22.3. The van der Waals surface area contributed by atoms with Crippen molar-refractivity contribution in [1.29, 1.82) is 0 Å². The number of unbranched alkanes of at least 4 members (excludes halogenated alkanes) is 12. The van der Waals surface area contributed by atoms with Gasteiger partial charge >= 0.3 is 19.8 Å². The number of allylic oxidation sites excluding steroid dienone is 15. The first kappa shape index (κ1) is 62.7. The van der Waals surface area contributed by atoms with Crippen LogP contribution < -0.4 is 0 Å². The summed E-state index contributed by atoms with van der Waals surface area (Å²) in [6, 6.07) is 0. The monoisotopic (exact) mass is 979 g/mol. The molecule has 7 N–H and O–H groups in total. The van der Waals surface area contributed by atoms with Gasteiger partial charge in [-0.05, 0) is 77.0 Å². The number of hydrogen-bond donors (Lipinski definition) is 7. The quantitative estimate of drug-likeness (QED) is 0.00997. The van der Waals surface area contributed by atoms with Crippen molar-refractivity contribution in [2.24, 2.45) is 0 Å². The van der Waals surface area contributed by atoms with E-state index in [1.165, 1.54) is 57.4 Å². The molecule has 1 fully saturated rings. The van der Waals surface area contributed by atoms with Gasteiger partial charge in [0, 0.05) is 12.8 Å². The molecule has 0 aromatic carbocycles. The Morgan fingerprint density at radius 3 is 1.56 bits per heavy atom. The molecular formula is C53H87O14P. The first-order chi connectivity index (χ1) is 32.8. The van der Waals surface area contributed by atoms with Gasteiger partial charge in [-0.15, -0.1) is 0 Å². The molecule has 0 radical (unpaired) electrons. The minimum Gasteiger partial charge on any atom is -0.462 e. The molecule has 388 valence electrons. The van der Waals surface area contributed by atoms with Gasteiger partial charge in [-0.1, -0.05) is 169 Å². The molecule has 9 atom stereocenters. The maximum absolute atomic E-state index is 12.9. The van der Waals surface area contributed by atoms with E-state index in [1.54, 1.807) is 12.2 Å². The smallest absolute Gasteiger partial charge is 0.462 e. The van der Waals surface area contributed by atoms with E-state index < -0.39 is 81.8 Å². The first-order valence-corrected chi connectivity index (χ1v) is 26.6. The predicted molar refractivity (Wildman–Crippen MR) is 268 cm³/mol. The fourth-order valence-corrected chi connectivity index (χ4v) is 7.93. The Kier molecular flexibility index (Phi) is 38.3. The van der Waals surface area contributed by atoms with Gasteiger partial charge in [-0.25, -0.2) is 4.57 Å². The third-order valence-electron chi connectivity index (χ3n) is 11.0. The zero-order chi connectivity index (χ0) is 50.1. The molecule has 1 aliphatic rings. The number of carbonyl (C=O) groups is 2. The molecule has 0 heterocycles.